The summed E-state index contributed by atoms with van der Waals surface area (Å²) < 4.78 is 4.92. The molecule has 1 atom stereocenters. The third-order valence-corrected chi connectivity index (χ3v) is 2.40. The molecule has 2 rings (SSSR count). The number of benzene rings is 1. The first-order chi connectivity index (χ1) is 7.09. The van der Waals surface area contributed by atoms with Crippen LogP contribution in [0.25, 0.3) is 0 Å². The maximum absolute atomic E-state index is 11.8. The average Bonchev–Trinajstić information content (AvgIpc) is 2.29. The minimum Gasteiger partial charge on any atom is -0.504 e. The Morgan fingerprint density at radius 2 is 2.13 bits per heavy atom. The zero-order valence-electron chi connectivity index (χ0n) is 8.19. The van der Waals surface area contributed by atoms with Gasteiger partial charge in [-0.3, -0.25) is 9.59 Å². The number of ketones is 1. The molecule has 1 heterocycles. The summed E-state index contributed by atoms with van der Waals surface area (Å²) >= 11 is 0. The van der Waals surface area contributed by atoms with Crippen LogP contribution in [0.4, 0.5) is 0 Å². The van der Waals surface area contributed by atoms with Gasteiger partial charge in [0.05, 0.1) is 12.0 Å². The van der Waals surface area contributed by atoms with Crippen LogP contribution in [0.5, 0.6) is 11.5 Å². The number of phenolic OH excluding ortho intramolecular Hbond substituents is 1. The lowest BCUT2D eigenvalue weighted by Gasteiger charge is -2.06. The second-order valence-corrected chi connectivity index (χ2v) is 3.60. The van der Waals surface area contributed by atoms with Crippen molar-refractivity contribution < 1.29 is 19.4 Å². The van der Waals surface area contributed by atoms with Gasteiger partial charge in [0, 0.05) is 5.92 Å². The fourth-order valence-corrected chi connectivity index (χ4v) is 1.59. The third-order valence-electron chi connectivity index (χ3n) is 2.40. The van der Waals surface area contributed by atoms with Gasteiger partial charge in [-0.2, -0.15) is 0 Å². The maximum Gasteiger partial charge on any atom is 0.312 e. The van der Waals surface area contributed by atoms with Gasteiger partial charge in [0.2, 0.25) is 0 Å². The zero-order valence-corrected chi connectivity index (χ0v) is 8.19. The van der Waals surface area contributed by atoms with Crippen LogP contribution in [0.2, 0.25) is 0 Å². The fourth-order valence-electron chi connectivity index (χ4n) is 1.59. The summed E-state index contributed by atoms with van der Waals surface area (Å²) in [6.07, 6.45) is 0.0486. The molecule has 1 unspecified atom stereocenters. The van der Waals surface area contributed by atoms with Gasteiger partial charge in [0.25, 0.3) is 0 Å². The predicted octanol–water partition coefficient (Wildman–Crippen LogP) is 1.52. The number of ether oxygens (including phenoxy) is 1. The lowest BCUT2D eigenvalue weighted by atomic mass is 9.97. The van der Waals surface area contributed by atoms with E-state index in [9.17, 15) is 14.7 Å². The van der Waals surface area contributed by atoms with Crippen LogP contribution in [0, 0.1) is 5.92 Å². The summed E-state index contributed by atoms with van der Waals surface area (Å²) in [4.78, 5) is 23.1. The topological polar surface area (TPSA) is 63.6 Å². The van der Waals surface area contributed by atoms with Crippen LogP contribution in [-0.2, 0) is 4.79 Å². The van der Waals surface area contributed by atoms with Crippen molar-refractivity contribution >= 4 is 11.8 Å². The van der Waals surface area contributed by atoms with Crippen molar-refractivity contribution in [1.82, 2.24) is 0 Å². The molecule has 0 radical (unpaired) electrons. The number of Topliss-reactive ketones (excluding diaryl/α,β-unsaturated/α-hetero) is 1. The standard InChI is InChI=1S/C11H10O4/c1-6-5-9(13)15-11-7(10(6)14)3-2-4-8(11)12/h2-4,6,12H,5H2,1H3. The second kappa shape index (κ2) is 3.38. The number of carbonyl (C=O) groups is 2. The first-order valence-electron chi connectivity index (χ1n) is 4.66. The fraction of sp³-hybridized carbons (Fsp3) is 0.273. The third kappa shape index (κ3) is 1.58. The summed E-state index contributed by atoms with van der Waals surface area (Å²) in [5.74, 6) is -1.26. The highest BCUT2D eigenvalue weighted by Crippen LogP contribution is 2.34. The summed E-state index contributed by atoms with van der Waals surface area (Å²) in [5, 5.41) is 9.47. The van der Waals surface area contributed by atoms with Gasteiger partial charge in [-0.05, 0) is 12.1 Å². The van der Waals surface area contributed by atoms with Gasteiger partial charge in [-0.15, -0.1) is 0 Å². The van der Waals surface area contributed by atoms with Gasteiger partial charge >= 0.3 is 5.97 Å². The number of para-hydroxylation sites is 1. The number of hydrogen-bond donors (Lipinski definition) is 1. The molecule has 0 fully saturated rings. The van der Waals surface area contributed by atoms with E-state index in [-0.39, 0.29) is 29.3 Å². The van der Waals surface area contributed by atoms with Gasteiger partial charge in [-0.1, -0.05) is 13.0 Å². The monoisotopic (exact) mass is 206 g/mol. The summed E-state index contributed by atoms with van der Waals surface area (Å²) in [6.45, 7) is 1.67. The van der Waals surface area contributed by atoms with E-state index in [4.69, 9.17) is 4.74 Å². The lowest BCUT2D eigenvalue weighted by molar-refractivity contribution is -0.134. The van der Waals surface area contributed by atoms with Crippen LogP contribution in [0.15, 0.2) is 18.2 Å². The minimum absolute atomic E-state index is 0.0168. The molecule has 78 valence electrons. The summed E-state index contributed by atoms with van der Waals surface area (Å²) in [6, 6.07) is 4.49. The smallest absolute Gasteiger partial charge is 0.312 e. The van der Waals surface area contributed by atoms with E-state index in [1.54, 1.807) is 19.1 Å². The van der Waals surface area contributed by atoms with Gasteiger partial charge < -0.3 is 9.84 Å². The van der Waals surface area contributed by atoms with E-state index in [0.29, 0.717) is 0 Å². The number of hydrogen-bond acceptors (Lipinski definition) is 4. The summed E-state index contributed by atoms with van der Waals surface area (Å²) in [7, 11) is 0. The Kier molecular flexibility index (Phi) is 2.19. The van der Waals surface area contributed by atoms with Gasteiger partial charge in [-0.25, -0.2) is 0 Å². The highest BCUT2D eigenvalue weighted by Gasteiger charge is 2.29. The summed E-state index contributed by atoms with van der Waals surface area (Å²) in [5.41, 5.74) is 0.272. The number of fused-ring (bicyclic) bond motifs is 1. The van der Waals surface area contributed by atoms with Crippen molar-refractivity contribution in [1.29, 1.82) is 0 Å². The Morgan fingerprint density at radius 3 is 2.87 bits per heavy atom. The highest BCUT2D eigenvalue weighted by atomic mass is 16.5. The largest absolute Gasteiger partial charge is 0.504 e. The van der Waals surface area contributed by atoms with Crippen molar-refractivity contribution in [3.05, 3.63) is 23.8 Å². The molecule has 1 aromatic carbocycles. The van der Waals surface area contributed by atoms with E-state index in [1.165, 1.54) is 6.07 Å². The van der Waals surface area contributed by atoms with Crippen LogP contribution >= 0.6 is 0 Å². The Bertz CT molecular complexity index is 436. The van der Waals surface area contributed by atoms with Gasteiger partial charge in [0.1, 0.15) is 0 Å². The van der Waals surface area contributed by atoms with Crippen LogP contribution in [0.3, 0.4) is 0 Å². The quantitative estimate of drug-likeness (QED) is 0.516. The van der Waals surface area contributed by atoms with Crippen molar-refractivity contribution in [2.24, 2.45) is 5.92 Å². The number of carbonyl (C=O) groups excluding carboxylic acids is 2. The van der Waals surface area contributed by atoms with Crippen molar-refractivity contribution in [3.8, 4) is 11.5 Å². The number of rotatable bonds is 0. The molecule has 0 saturated carbocycles. The number of aromatic hydroxyl groups is 1. The number of phenols is 1. The Hall–Kier alpha value is -1.84. The molecule has 1 aliphatic rings. The average molecular weight is 206 g/mol. The second-order valence-electron chi connectivity index (χ2n) is 3.60. The molecule has 4 heteroatoms. The molecule has 4 nitrogen and oxygen atoms in total. The van der Waals surface area contributed by atoms with E-state index in [0.717, 1.165) is 0 Å². The molecular formula is C11H10O4. The van der Waals surface area contributed by atoms with Crippen LogP contribution < -0.4 is 4.74 Å². The Labute approximate surface area is 86.5 Å². The molecule has 1 aromatic rings. The Morgan fingerprint density at radius 1 is 1.40 bits per heavy atom. The first kappa shape index (κ1) is 9.71. The first-order valence-corrected chi connectivity index (χ1v) is 4.66. The van der Waals surface area contributed by atoms with E-state index >= 15 is 0 Å². The van der Waals surface area contributed by atoms with Crippen molar-refractivity contribution in [2.45, 2.75) is 13.3 Å². The molecule has 0 saturated heterocycles. The molecule has 0 bridgehead atoms. The van der Waals surface area contributed by atoms with E-state index in [2.05, 4.69) is 0 Å². The van der Waals surface area contributed by atoms with Crippen molar-refractivity contribution in [2.75, 3.05) is 0 Å². The molecule has 1 aliphatic heterocycles. The maximum atomic E-state index is 11.8. The molecule has 1 N–H and O–H groups in total. The Balaban J connectivity index is 2.59. The zero-order chi connectivity index (χ0) is 11.0. The molecular weight excluding hydrogens is 196 g/mol. The normalized spacial score (nSPS) is 20.5. The van der Waals surface area contributed by atoms with E-state index < -0.39 is 11.9 Å². The van der Waals surface area contributed by atoms with Gasteiger partial charge in [0.15, 0.2) is 17.3 Å². The number of esters is 1. The van der Waals surface area contributed by atoms with Crippen LogP contribution in [0.1, 0.15) is 23.7 Å². The molecule has 0 amide bonds. The molecule has 0 aliphatic carbocycles. The molecule has 0 spiro atoms. The lowest BCUT2D eigenvalue weighted by Crippen LogP contribution is -2.13. The van der Waals surface area contributed by atoms with Crippen molar-refractivity contribution in [3.63, 3.8) is 0 Å². The van der Waals surface area contributed by atoms with E-state index in [1.807, 2.05) is 0 Å². The molecule has 0 aromatic heterocycles. The molecule has 15 heavy (non-hydrogen) atoms. The SMILES string of the molecule is CC1CC(=O)Oc2c(O)cccc2C1=O. The minimum atomic E-state index is -0.490. The highest BCUT2D eigenvalue weighted by molar-refractivity contribution is 6.04. The predicted molar refractivity (Wildman–Crippen MR) is 51.9 cm³/mol. The van der Waals surface area contributed by atoms with Crippen LogP contribution in [-0.4, -0.2) is 16.9 Å².